The van der Waals surface area contributed by atoms with Crippen LogP contribution in [0.2, 0.25) is 0 Å². The molecule has 0 unspecified atom stereocenters. The number of nitrogens with zero attached hydrogens (tertiary/aromatic N) is 1. The lowest BCUT2D eigenvalue weighted by Gasteiger charge is -2.18. The Kier molecular flexibility index (Phi) is 3.64. The van der Waals surface area contributed by atoms with E-state index in [2.05, 4.69) is 4.99 Å². The summed E-state index contributed by atoms with van der Waals surface area (Å²) in [6.07, 6.45) is 5.33. The van der Waals surface area contributed by atoms with Gasteiger partial charge < -0.3 is 9.47 Å². The van der Waals surface area contributed by atoms with Crippen molar-refractivity contribution in [3.05, 3.63) is 17.7 Å². The molecular formula is C13H15NO3S. The van der Waals surface area contributed by atoms with Gasteiger partial charge in [0, 0.05) is 5.56 Å². The van der Waals surface area contributed by atoms with E-state index in [4.69, 9.17) is 9.47 Å². The van der Waals surface area contributed by atoms with Gasteiger partial charge in [0.25, 0.3) is 0 Å². The molecule has 1 aromatic rings. The van der Waals surface area contributed by atoms with E-state index in [-0.39, 0.29) is 0 Å². The predicted octanol–water partition coefficient (Wildman–Crippen LogP) is 2.75. The fraction of sp³-hybridized carbons (Fsp3) is 0.462. The minimum absolute atomic E-state index is 0.447. The molecule has 18 heavy (non-hydrogen) atoms. The standard InChI is InChI=1S/C13H15NO3S/c1-16-11-9(13(6-7-13)14-8-15)4-5-10(18-3)12(11)17-2/h4-5H,6-7H2,1-3H3. The van der Waals surface area contributed by atoms with Gasteiger partial charge in [-0.25, -0.2) is 4.79 Å². The normalized spacial score (nSPS) is 15.7. The highest BCUT2D eigenvalue weighted by Crippen LogP contribution is 2.55. The SMILES string of the molecule is COc1c(SC)ccc(C2(N=C=O)CC2)c1OC. The number of carbonyl (C=O) groups excluding carboxylic acids is 1. The number of hydrogen-bond acceptors (Lipinski definition) is 5. The van der Waals surface area contributed by atoms with Gasteiger partial charge in [0.05, 0.1) is 19.1 Å². The Morgan fingerprint density at radius 2 is 1.94 bits per heavy atom. The lowest BCUT2D eigenvalue weighted by atomic mass is 10.0. The fourth-order valence-corrected chi connectivity index (χ4v) is 2.68. The lowest BCUT2D eigenvalue weighted by Crippen LogP contribution is -2.07. The summed E-state index contributed by atoms with van der Waals surface area (Å²) < 4.78 is 10.9. The summed E-state index contributed by atoms with van der Waals surface area (Å²) >= 11 is 1.59. The molecule has 1 fully saturated rings. The highest BCUT2D eigenvalue weighted by atomic mass is 32.2. The number of hydrogen-bond donors (Lipinski definition) is 0. The van der Waals surface area contributed by atoms with Crippen LogP contribution >= 0.6 is 11.8 Å². The smallest absolute Gasteiger partial charge is 0.235 e. The second-order valence-corrected chi connectivity index (χ2v) is 4.96. The summed E-state index contributed by atoms with van der Waals surface area (Å²) in [6.45, 7) is 0. The van der Waals surface area contributed by atoms with E-state index in [0.717, 1.165) is 23.3 Å². The Hall–Kier alpha value is -1.45. The van der Waals surface area contributed by atoms with Crippen LogP contribution in [0, 0.1) is 0 Å². The molecule has 0 spiro atoms. The highest BCUT2D eigenvalue weighted by molar-refractivity contribution is 7.98. The zero-order chi connectivity index (χ0) is 13.2. The van der Waals surface area contributed by atoms with Crippen molar-refractivity contribution in [3.8, 4) is 11.5 Å². The van der Waals surface area contributed by atoms with Gasteiger partial charge in [-0.05, 0) is 25.2 Å². The third-order valence-corrected chi connectivity index (χ3v) is 3.95. The second-order valence-electron chi connectivity index (χ2n) is 4.12. The zero-order valence-electron chi connectivity index (χ0n) is 10.6. The number of thioether (sulfide) groups is 1. The van der Waals surface area contributed by atoms with Crippen molar-refractivity contribution >= 4 is 17.8 Å². The molecule has 0 atom stereocenters. The summed E-state index contributed by atoms with van der Waals surface area (Å²) in [5.41, 5.74) is 0.458. The molecule has 0 bridgehead atoms. The average Bonchev–Trinajstić information content (AvgIpc) is 3.17. The van der Waals surface area contributed by atoms with E-state index in [0.29, 0.717) is 11.5 Å². The Morgan fingerprint density at radius 1 is 1.28 bits per heavy atom. The summed E-state index contributed by atoms with van der Waals surface area (Å²) in [5.74, 6) is 1.37. The number of benzene rings is 1. The van der Waals surface area contributed by atoms with Gasteiger partial charge in [-0.3, -0.25) is 0 Å². The maximum absolute atomic E-state index is 10.5. The summed E-state index contributed by atoms with van der Waals surface area (Å²) in [4.78, 5) is 15.5. The zero-order valence-corrected chi connectivity index (χ0v) is 11.5. The van der Waals surface area contributed by atoms with Crippen molar-refractivity contribution < 1.29 is 14.3 Å². The molecule has 0 N–H and O–H groups in total. The highest BCUT2D eigenvalue weighted by Gasteiger charge is 2.47. The minimum atomic E-state index is -0.447. The summed E-state index contributed by atoms with van der Waals surface area (Å²) in [7, 11) is 3.22. The van der Waals surface area contributed by atoms with Crippen LogP contribution in [0.3, 0.4) is 0 Å². The maximum Gasteiger partial charge on any atom is 0.235 e. The van der Waals surface area contributed by atoms with Crippen molar-refractivity contribution in [2.45, 2.75) is 23.3 Å². The first-order chi connectivity index (χ1) is 8.72. The Morgan fingerprint density at radius 3 is 2.39 bits per heavy atom. The van der Waals surface area contributed by atoms with Gasteiger partial charge in [-0.1, -0.05) is 6.07 Å². The minimum Gasteiger partial charge on any atom is -0.492 e. The topological polar surface area (TPSA) is 47.9 Å². The van der Waals surface area contributed by atoms with Crippen LogP contribution in [-0.2, 0) is 10.3 Å². The van der Waals surface area contributed by atoms with Gasteiger partial charge in [0.2, 0.25) is 6.08 Å². The molecule has 0 amide bonds. The Labute approximate surface area is 110 Å². The van der Waals surface area contributed by atoms with Crippen LogP contribution in [0.4, 0.5) is 0 Å². The molecule has 1 saturated carbocycles. The lowest BCUT2D eigenvalue weighted by molar-refractivity contribution is 0.342. The molecule has 4 nitrogen and oxygen atoms in total. The number of aliphatic imine (C=N–C) groups is 1. The van der Waals surface area contributed by atoms with E-state index in [1.165, 1.54) is 0 Å². The third-order valence-electron chi connectivity index (χ3n) is 3.19. The molecule has 0 aromatic heterocycles. The van der Waals surface area contributed by atoms with Crippen LogP contribution in [0.1, 0.15) is 18.4 Å². The van der Waals surface area contributed by atoms with E-state index in [1.807, 2.05) is 18.4 Å². The molecular weight excluding hydrogens is 250 g/mol. The van der Waals surface area contributed by atoms with E-state index in [9.17, 15) is 4.79 Å². The van der Waals surface area contributed by atoms with Crippen molar-refractivity contribution in [1.82, 2.24) is 0 Å². The van der Waals surface area contributed by atoms with Crippen LogP contribution in [0.5, 0.6) is 11.5 Å². The van der Waals surface area contributed by atoms with Gasteiger partial charge in [-0.15, -0.1) is 11.8 Å². The summed E-state index contributed by atoms with van der Waals surface area (Å²) in [5, 5.41) is 0. The average molecular weight is 265 g/mol. The first-order valence-electron chi connectivity index (χ1n) is 5.61. The summed E-state index contributed by atoms with van der Waals surface area (Å²) in [6, 6.07) is 3.93. The van der Waals surface area contributed by atoms with Crippen LogP contribution < -0.4 is 9.47 Å². The van der Waals surface area contributed by atoms with Crippen LogP contribution in [0.25, 0.3) is 0 Å². The van der Waals surface area contributed by atoms with E-state index in [1.54, 1.807) is 32.1 Å². The fourth-order valence-electron chi connectivity index (χ4n) is 2.11. The molecule has 0 aliphatic heterocycles. The Balaban J connectivity index is 2.59. The monoisotopic (exact) mass is 265 g/mol. The van der Waals surface area contributed by atoms with Gasteiger partial charge in [-0.2, -0.15) is 4.99 Å². The van der Waals surface area contributed by atoms with Crippen molar-refractivity contribution in [3.63, 3.8) is 0 Å². The molecule has 0 saturated heterocycles. The van der Waals surface area contributed by atoms with E-state index >= 15 is 0 Å². The maximum atomic E-state index is 10.5. The second kappa shape index (κ2) is 5.04. The van der Waals surface area contributed by atoms with Crippen LogP contribution in [-0.4, -0.2) is 26.6 Å². The third kappa shape index (κ3) is 2.00. The molecule has 96 valence electrons. The molecule has 0 radical (unpaired) electrons. The molecule has 1 aromatic carbocycles. The van der Waals surface area contributed by atoms with Crippen molar-refractivity contribution in [2.75, 3.05) is 20.5 Å². The van der Waals surface area contributed by atoms with E-state index < -0.39 is 5.54 Å². The molecule has 0 heterocycles. The van der Waals surface area contributed by atoms with Crippen molar-refractivity contribution in [2.24, 2.45) is 4.99 Å². The molecule has 1 aliphatic carbocycles. The van der Waals surface area contributed by atoms with Gasteiger partial charge in [0.15, 0.2) is 11.5 Å². The van der Waals surface area contributed by atoms with Crippen molar-refractivity contribution in [1.29, 1.82) is 0 Å². The molecule has 5 heteroatoms. The Bertz CT molecular complexity index is 505. The largest absolute Gasteiger partial charge is 0.492 e. The molecule has 1 aliphatic rings. The predicted molar refractivity (Wildman–Crippen MR) is 70.4 cm³/mol. The quantitative estimate of drug-likeness (QED) is 0.466. The number of methoxy groups -OCH3 is 2. The first-order valence-corrected chi connectivity index (χ1v) is 6.83. The number of ether oxygens (including phenoxy) is 2. The molecule has 2 rings (SSSR count). The van der Waals surface area contributed by atoms with Crippen LogP contribution in [0.15, 0.2) is 22.0 Å². The number of isocyanates is 1. The number of rotatable bonds is 5. The van der Waals surface area contributed by atoms with Gasteiger partial charge >= 0.3 is 0 Å². The van der Waals surface area contributed by atoms with Gasteiger partial charge in [0.1, 0.15) is 5.54 Å². The first kappa shape index (κ1) is 13.0.